The lowest BCUT2D eigenvalue weighted by atomic mass is 10.1. The molecule has 2 aromatic rings. The van der Waals surface area contributed by atoms with Gasteiger partial charge >= 0.3 is 0 Å². The molecule has 1 aliphatic rings. The smallest absolute Gasteiger partial charge is 0.255 e. The quantitative estimate of drug-likeness (QED) is 0.688. The number of hydrogen-bond acceptors (Lipinski definition) is 5. The number of amides is 2. The van der Waals surface area contributed by atoms with Crippen LogP contribution in [0.4, 0.5) is 0 Å². The fourth-order valence-electron chi connectivity index (χ4n) is 2.91. The van der Waals surface area contributed by atoms with E-state index in [1.165, 1.54) is 0 Å². The molecule has 0 aromatic heterocycles. The summed E-state index contributed by atoms with van der Waals surface area (Å²) in [7, 11) is 0. The van der Waals surface area contributed by atoms with Crippen LogP contribution in [0.2, 0.25) is 5.02 Å². The normalized spacial score (nSPS) is 12.2. The van der Waals surface area contributed by atoms with Gasteiger partial charge in [0.05, 0.1) is 23.7 Å². The van der Waals surface area contributed by atoms with Crippen LogP contribution in [0.1, 0.15) is 22.8 Å². The lowest BCUT2D eigenvalue weighted by Crippen LogP contribution is -2.37. The number of fused-ring (bicyclic) bond motifs is 1. The molecule has 29 heavy (non-hydrogen) atoms. The van der Waals surface area contributed by atoms with Gasteiger partial charge in [-0.3, -0.25) is 9.59 Å². The van der Waals surface area contributed by atoms with E-state index >= 15 is 0 Å². The van der Waals surface area contributed by atoms with Gasteiger partial charge in [0.25, 0.3) is 5.91 Å². The first-order chi connectivity index (χ1) is 14.1. The zero-order valence-corrected chi connectivity index (χ0v) is 16.9. The Balaban J connectivity index is 1.46. The Morgan fingerprint density at radius 2 is 1.93 bits per heavy atom. The Morgan fingerprint density at radius 3 is 2.76 bits per heavy atom. The van der Waals surface area contributed by atoms with Crippen LogP contribution in [0.25, 0.3) is 0 Å². The SMILES string of the molecule is CCOc1ccccc1C(=O)NCC(=O)NCCc1cc(Cl)c2c(c1)OCCO2. The van der Waals surface area contributed by atoms with Gasteiger partial charge in [-0.15, -0.1) is 0 Å². The maximum atomic E-state index is 12.3. The number of rotatable bonds is 8. The third-order valence-electron chi connectivity index (χ3n) is 4.23. The van der Waals surface area contributed by atoms with Gasteiger partial charge < -0.3 is 24.8 Å². The molecule has 2 amide bonds. The van der Waals surface area contributed by atoms with Crippen LogP contribution in [0.5, 0.6) is 17.2 Å². The first-order valence-electron chi connectivity index (χ1n) is 9.43. The van der Waals surface area contributed by atoms with Crippen molar-refractivity contribution in [3.8, 4) is 17.2 Å². The largest absolute Gasteiger partial charge is 0.493 e. The summed E-state index contributed by atoms with van der Waals surface area (Å²) in [6.07, 6.45) is 0.573. The predicted octanol–water partition coefficient (Wildman–Crippen LogP) is 2.60. The zero-order chi connectivity index (χ0) is 20.6. The number of para-hydroxylation sites is 1. The summed E-state index contributed by atoms with van der Waals surface area (Å²) in [6, 6.07) is 10.6. The number of carbonyl (C=O) groups is 2. The minimum Gasteiger partial charge on any atom is -0.493 e. The van der Waals surface area contributed by atoms with Crippen LogP contribution in [0, 0.1) is 0 Å². The van der Waals surface area contributed by atoms with Crippen molar-refractivity contribution >= 4 is 23.4 Å². The van der Waals surface area contributed by atoms with Gasteiger partial charge in [-0.1, -0.05) is 23.7 Å². The highest BCUT2D eigenvalue weighted by Crippen LogP contribution is 2.38. The highest BCUT2D eigenvalue weighted by Gasteiger charge is 2.17. The average molecular weight is 419 g/mol. The van der Waals surface area contributed by atoms with Crippen LogP contribution in [0.15, 0.2) is 36.4 Å². The molecule has 7 nitrogen and oxygen atoms in total. The number of carbonyl (C=O) groups excluding carboxylic acids is 2. The van der Waals surface area contributed by atoms with Gasteiger partial charge in [-0.2, -0.15) is 0 Å². The summed E-state index contributed by atoms with van der Waals surface area (Å²) in [5.74, 6) is 1.02. The average Bonchev–Trinajstić information content (AvgIpc) is 2.73. The fraction of sp³-hybridized carbons (Fsp3) is 0.333. The lowest BCUT2D eigenvalue weighted by Gasteiger charge is -2.20. The van der Waals surface area contributed by atoms with Crippen molar-refractivity contribution in [1.82, 2.24) is 10.6 Å². The summed E-state index contributed by atoms with van der Waals surface area (Å²) >= 11 is 6.22. The van der Waals surface area contributed by atoms with Gasteiger partial charge in [0.1, 0.15) is 19.0 Å². The molecule has 1 aliphatic heterocycles. The molecule has 0 atom stereocenters. The molecule has 154 valence electrons. The van der Waals surface area contributed by atoms with Gasteiger partial charge in [0.2, 0.25) is 5.91 Å². The van der Waals surface area contributed by atoms with Crippen LogP contribution in [-0.4, -0.2) is 44.7 Å². The van der Waals surface area contributed by atoms with E-state index in [0.717, 1.165) is 5.56 Å². The minimum absolute atomic E-state index is 0.124. The molecule has 0 fully saturated rings. The number of ether oxygens (including phenoxy) is 3. The molecule has 1 heterocycles. The maximum Gasteiger partial charge on any atom is 0.255 e. The van der Waals surface area contributed by atoms with E-state index in [9.17, 15) is 9.59 Å². The highest BCUT2D eigenvalue weighted by molar-refractivity contribution is 6.32. The number of hydrogen-bond donors (Lipinski definition) is 2. The molecule has 0 unspecified atom stereocenters. The second kappa shape index (κ2) is 10.0. The lowest BCUT2D eigenvalue weighted by molar-refractivity contribution is -0.120. The van der Waals surface area contributed by atoms with Crippen molar-refractivity contribution in [1.29, 1.82) is 0 Å². The van der Waals surface area contributed by atoms with Crippen molar-refractivity contribution in [2.75, 3.05) is 32.9 Å². The van der Waals surface area contributed by atoms with Gasteiger partial charge in [0.15, 0.2) is 11.5 Å². The monoisotopic (exact) mass is 418 g/mol. The summed E-state index contributed by atoms with van der Waals surface area (Å²) in [6.45, 7) is 3.53. The van der Waals surface area contributed by atoms with Crippen LogP contribution in [0.3, 0.4) is 0 Å². The first-order valence-corrected chi connectivity index (χ1v) is 9.81. The number of halogens is 1. The number of benzene rings is 2. The van der Waals surface area contributed by atoms with Crippen molar-refractivity contribution < 1.29 is 23.8 Å². The summed E-state index contributed by atoms with van der Waals surface area (Å²) in [5, 5.41) is 5.87. The van der Waals surface area contributed by atoms with E-state index in [2.05, 4.69) is 10.6 Å². The van der Waals surface area contributed by atoms with Crippen LogP contribution in [-0.2, 0) is 11.2 Å². The molecule has 2 N–H and O–H groups in total. The fourth-order valence-corrected chi connectivity index (χ4v) is 3.20. The number of nitrogens with one attached hydrogen (secondary N) is 2. The molecule has 0 saturated heterocycles. The Kier molecular flexibility index (Phi) is 7.19. The minimum atomic E-state index is -0.359. The second-order valence-corrected chi connectivity index (χ2v) is 6.72. The van der Waals surface area contributed by atoms with Gasteiger partial charge in [-0.25, -0.2) is 0 Å². The molecule has 2 aromatic carbocycles. The molecule has 0 spiro atoms. The van der Waals surface area contributed by atoms with E-state index in [0.29, 0.717) is 60.6 Å². The molecule has 3 rings (SSSR count). The van der Waals surface area contributed by atoms with Crippen LogP contribution < -0.4 is 24.8 Å². The Morgan fingerprint density at radius 1 is 1.14 bits per heavy atom. The maximum absolute atomic E-state index is 12.3. The molecular formula is C21H23ClN2O5. The summed E-state index contributed by atoms with van der Waals surface area (Å²) in [5.41, 5.74) is 1.32. The standard InChI is InChI=1S/C21H23ClN2O5/c1-2-27-17-6-4-3-5-15(17)21(26)24-13-19(25)23-8-7-14-11-16(22)20-18(12-14)28-9-10-29-20/h3-6,11-12H,2,7-10,13H2,1H3,(H,23,25)(H,24,26). The third kappa shape index (κ3) is 5.54. The van der Waals surface area contributed by atoms with Crippen molar-refractivity contribution in [3.63, 3.8) is 0 Å². The van der Waals surface area contributed by atoms with E-state index in [4.69, 9.17) is 25.8 Å². The first kappa shape index (κ1) is 20.8. The topological polar surface area (TPSA) is 85.9 Å². The van der Waals surface area contributed by atoms with E-state index in [-0.39, 0.29) is 18.4 Å². The van der Waals surface area contributed by atoms with E-state index < -0.39 is 0 Å². The Bertz CT molecular complexity index is 887. The summed E-state index contributed by atoms with van der Waals surface area (Å²) < 4.78 is 16.5. The molecule has 0 bridgehead atoms. The highest BCUT2D eigenvalue weighted by atomic mass is 35.5. The predicted molar refractivity (Wildman–Crippen MR) is 109 cm³/mol. The van der Waals surface area contributed by atoms with E-state index in [1.807, 2.05) is 13.0 Å². The Labute approximate surface area is 174 Å². The Hall–Kier alpha value is -2.93. The molecule has 8 heteroatoms. The van der Waals surface area contributed by atoms with E-state index in [1.54, 1.807) is 30.3 Å². The molecule has 0 radical (unpaired) electrons. The van der Waals surface area contributed by atoms with Crippen molar-refractivity contribution in [2.45, 2.75) is 13.3 Å². The van der Waals surface area contributed by atoms with Gasteiger partial charge in [-0.05, 0) is 43.2 Å². The third-order valence-corrected chi connectivity index (χ3v) is 4.51. The van der Waals surface area contributed by atoms with Gasteiger partial charge in [0, 0.05) is 6.54 Å². The van der Waals surface area contributed by atoms with Crippen molar-refractivity contribution in [3.05, 3.63) is 52.5 Å². The zero-order valence-electron chi connectivity index (χ0n) is 16.1. The molecule has 0 aliphatic carbocycles. The van der Waals surface area contributed by atoms with Crippen LogP contribution >= 0.6 is 11.6 Å². The summed E-state index contributed by atoms with van der Waals surface area (Å²) in [4.78, 5) is 24.4. The second-order valence-electron chi connectivity index (χ2n) is 6.31. The molecule has 0 saturated carbocycles. The van der Waals surface area contributed by atoms with Crippen molar-refractivity contribution in [2.24, 2.45) is 0 Å². The molecular weight excluding hydrogens is 396 g/mol.